The number of rotatable bonds is 4. The molecule has 0 bridgehead atoms. The van der Waals surface area contributed by atoms with Gasteiger partial charge >= 0.3 is 5.97 Å². The van der Waals surface area contributed by atoms with E-state index in [4.69, 9.17) is 17.3 Å². The molecular formula is C21H24N2O3S2. The van der Waals surface area contributed by atoms with Gasteiger partial charge in [0, 0.05) is 17.3 Å². The van der Waals surface area contributed by atoms with Crippen molar-refractivity contribution in [3.05, 3.63) is 40.3 Å². The first kappa shape index (κ1) is 20.6. The van der Waals surface area contributed by atoms with Crippen molar-refractivity contribution in [1.29, 1.82) is 0 Å². The number of anilines is 1. The lowest BCUT2D eigenvalue weighted by atomic mass is 9.87. The van der Waals surface area contributed by atoms with Crippen LogP contribution in [0, 0.1) is 0 Å². The number of benzene rings is 1. The van der Waals surface area contributed by atoms with Gasteiger partial charge in [-0.15, -0.1) is 0 Å². The zero-order valence-electron chi connectivity index (χ0n) is 16.6. The number of aliphatic carboxylic acids is 1. The van der Waals surface area contributed by atoms with Crippen LogP contribution >= 0.6 is 24.0 Å². The maximum absolute atomic E-state index is 12.5. The second-order valence-electron chi connectivity index (χ2n) is 7.88. The summed E-state index contributed by atoms with van der Waals surface area (Å²) < 4.78 is 0.278. The van der Waals surface area contributed by atoms with Crippen molar-refractivity contribution in [3.63, 3.8) is 0 Å². The molecule has 7 heteroatoms. The Bertz CT molecular complexity index is 932. The molecule has 1 fully saturated rings. The molecule has 0 aromatic heterocycles. The Morgan fingerprint density at radius 1 is 1.36 bits per heavy atom. The smallest absolute Gasteiger partial charge is 0.323 e. The number of carboxylic acids is 1. The molecule has 1 aromatic carbocycles. The molecule has 1 aromatic rings. The monoisotopic (exact) mass is 416 g/mol. The number of hydrogen-bond donors (Lipinski definition) is 1. The van der Waals surface area contributed by atoms with Crippen LogP contribution in [0.15, 0.2) is 29.2 Å². The number of nitrogens with zero attached hydrogens (tertiary/aromatic N) is 2. The number of amides is 1. The molecule has 0 aliphatic carbocycles. The van der Waals surface area contributed by atoms with Gasteiger partial charge in [-0.25, -0.2) is 0 Å². The van der Waals surface area contributed by atoms with E-state index in [1.165, 1.54) is 11.3 Å². The van der Waals surface area contributed by atoms with Crippen LogP contribution in [0.1, 0.15) is 45.7 Å². The molecule has 148 valence electrons. The fourth-order valence-electron chi connectivity index (χ4n) is 4.02. The molecule has 0 spiro atoms. The maximum atomic E-state index is 12.5. The zero-order valence-corrected chi connectivity index (χ0v) is 18.3. The highest BCUT2D eigenvalue weighted by Crippen LogP contribution is 2.41. The molecule has 1 saturated heterocycles. The Morgan fingerprint density at radius 2 is 2.04 bits per heavy atom. The minimum Gasteiger partial charge on any atom is -0.480 e. The van der Waals surface area contributed by atoms with Gasteiger partial charge in [-0.3, -0.25) is 14.5 Å². The second-order valence-corrected chi connectivity index (χ2v) is 9.56. The van der Waals surface area contributed by atoms with E-state index < -0.39 is 12.5 Å². The van der Waals surface area contributed by atoms with Crippen molar-refractivity contribution in [2.45, 2.75) is 46.2 Å². The van der Waals surface area contributed by atoms with E-state index in [2.05, 4.69) is 57.7 Å². The number of fused-ring (bicyclic) bond motifs is 1. The fourth-order valence-corrected chi connectivity index (χ4v) is 5.28. The van der Waals surface area contributed by atoms with Gasteiger partial charge in [0.2, 0.25) is 0 Å². The molecule has 0 saturated carbocycles. The third-order valence-corrected chi connectivity index (χ3v) is 6.25. The van der Waals surface area contributed by atoms with Gasteiger partial charge in [-0.1, -0.05) is 36.1 Å². The van der Waals surface area contributed by atoms with Crippen molar-refractivity contribution in [1.82, 2.24) is 4.90 Å². The lowest BCUT2D eigenvalue weighted by Crippen LogP contribution is -2.49. The van der Waals surface area contributed by atoms with E-state index >= 15 is 0 Å². The Kier molecular flexibility index (Phi) is 5.42. The Hall–Kier alpha value is -2.12. The van der Waals surface area contributed by atoms with E-state index in [-0.39, 0.29) is 15.8 Å². The fraction of sp³-hybridized carbons (Fsp3) is 0.381. The summed E-state index contributed by atoms with van der Waals surface area (Å²) in [5.74, 6) is -1.43. The van der Waals surface area contributed by atoms with Crippen LogP contribution in [-0.2, 0) is 9.59 Å². The number of carboxylic acid groups (broad SMARTS) is 1. The van der Waals surface area contributed by atoms with Crippen LogP contribution in [-0.4, -0.2) is 44.3 Å². The first-order valence-electron chi connectivity index (χ1n) is 9.11. The van der Waals surface area contributed by atoms with Gasteiger partial charge in [0.05, 0.1) is 10.4 Å². The van der Waals surface area contributed by atoms with Crippen molar-refractivity contribution in [2.75, 3.05) is 11.4 Å². The maximum Gasteiger partial charge on any atom is 0.323 e. The van der Waals surface area contributed by atoms with Crippen molar-refractivity contribution in [3.8, 4) is 0 Å². The zero-order chi connectivity index (χ0) is 20.8. The third-order valence-electron chi connectivity index (χ3n) is 4.88. The molecule has 2 heterocycles. The van der Waals surface area contributed by atoms with Crippen molar-refractivity contribution in [2.24, 2.45) is 0 Å². The molecule has 5 nitrogen and oxygen atoms in total. The van der Waals surface area contributed by atoms with Gasteiger partial charge in [-0.2, -0.15) is 0 Å². The first-order valence-corrected chi connectivity index (χ1v) is 10.3. The van der Waals surface area contributed by atoms with E-state index in [0.717, 1.165) is 27.8 Å². The van der Waals surface area contributed by atoms with Gasteiger partial charge < -0.3 is 10.0 Å². The van der Waals surface area contributed by atoms with Crippen LogP contribution in [0.25, 0.3) is 11.6 Å². The summed E-state index contributed by atoms with van der Waals surface area (Å²) in [7, 11) is 0. The molecule has 0 unspecified atom stereocenters. The van der Waals surface area contributed by atoms with E-state index in [1.54, 1.807) is 6.08 Å². The molecule has 3 rings (SSSR count). The van der Waals surface area contributed by atoms with Crippen LogP contribution in [0.2, 0.25) is 0 Å². The quantitative estimate of drug-likeness (QED) is 0.580. The predicted octanol–water partition coefficient (Wildman–Crippen LogP) is 4.38. The summed E-state index contributed by atoms with van der Waals surface area (Å²) in [6.45, 7) is 10.5. The lowest BCUT2D eigenvalue weighted by Gasteiger charge is -2.46. The normalized spacial score (nSPS) is 20.1. The van der Waals surface area contributed by atoms with Gasteiger partial charge in [0.25, 0.3) is 5.91 Å². The molecule has 2 aliphatic heterocycles. The Labute approximate surface area is 175 Å². The highest BCUT2D eigenvalue weighted by molar-refractivity contribution is 8.26. The van der Waals surface area contributed by atoms with E-state index in [1.807, 2.05) is 6.07 Å². The van der Waals surface area contributed by atoms with Gasteiger partial charge in [0.1, 0.15) is 10.9 Å². The summed E-state index contributed by atoms with van der Waals surface area (Å²) in [5, 5.41) is 8.97. The van der Waals surface area contributed by atoms with Crippen LogP contribution in [0.5, 0.6) is 0 Å². The number of carbonyl (C=O) groups is 2. The molecule has 0 atom stereocenters. The standard InChI is InChI=1S/C21H24N2O3S2/c1-12(2)23-16-7-6-14(8-15(16)13(3)10-21(23,4)5)9-17-19(26)22(11-18(24)25)20(27)28-17/h6-10,12H,11H2,1-5H3,(H,24,25)/b17-9+. The van der Waals surface area contributed by atoms with Crippen molar-refractivity contribution >= 4 is 57.5 Å². The lowest BCUT2D eigenvalue weighted by molar-refractivity contribution is -0.140. The summed E-state index contributed by atoms with van der Waals surface area (Å²) in [6.07, 6.45) is 4.06. The summed E-state index contributed by atoms with van der Waals surface area (Å²) >= 11 is 6.31. The minimum atomic E-state index is -1.08. The summed E-state index contributed by atoms with van der Waals surface area (Å²) in [6, 6.07) is 6.51. The molecule has 28 heavy (non-hydrogen) atoms. The predicted molar refractivity (Wildman–Crippen MR) is 119 cm³/mol. The van der Waals surface area contributed by atoms with Crippen LogP contribution < -0.4 is 4.90 Å². The highest BCUT2D eigenvalue weighted by Gasteiger charge is 2.34. The summed E-state index contributed by atoms with van der Waals surface area (Å²) in [5.41, 5.74) is 4.33. The first-order chi connectivity index (χ1) is 13.0. The Morgan fingerprint density at radius 3 is 2.64 bits per heavy atom. The Balaban J connectivity index is 1.98. The van der Waals surface area contributed by atoms with E-state index in [9.17, 15) is 9.59 Å². The number of thiocarbonyl (C=S) groups is 1. The van der Waals surface area contributed by atoms with E-state index in [0.29, 0.717) is 10.9 Å². The van der Waals surface area contributed by atoms with Gasteiger partial charge in [0.15, 0.2) is 0 Å². The second kappa shape index (κ2) is 7.37. The summed E-state index contributed by atoms with van der Waals surface area (Å²) in [4.78, 5) is 27.4. The number of carbonyl (C=O) groups excluding carboxylic acids is 1. The molecule has 1 amide bonds. The average molecular weight is 417 g/mol. The molecule has 1 N–H and O–H groups in total. The van der Waals surface area contributed by atoms with Gasteiger partial charge in [-0.05, 0) is 64.0 Å². The average Bonchev–Trinajstić information content (AvgIpc) is 2.81. The minimum absolute atomic E-state index is 0.0774. The molecular weight excluding hydrogens is 392 g/mol. The number of thioether (sulfide) groups is 1. The third kappa shape index (κ3) is 3.73. The molecule has 2 aliphatic rings. The van der Waals surface area contributed by atoms with Crippen LogP contribution in [0.4, 0.5) is 5.69 Å². The van der Waals surface area contributed by atoms with Crippen molar-refractivity contribution < 1.29 is 14.7 Å². The largest absolute Gasteiger partial charge is 0.480 e. The number of hydrogen-bond acceptors (Lipinski definition) is 5. The molecule has 0 radical (unpaired) electrons. The topological polar surface area (TPSA) is 60.9 Å². The SMILES string of the molecule is CC1=CC(C)(C)N(C(C)C)c2ccc(/C=C3/SC(=S)N(CC(=O)O)C3=O)cc21. The highest BCUT2D eigenvalue weighted by atomic mass is 32.2. The number of allylic oxidation sites excluding steroid dienone is 1. The van der Waals surface area contributed by atoms with Crippen LogP contribution in [0.3, 0.4) is 0 Å².